The second-order valence-corrected chi connectivity index (χ2v) is 7.32. The molecule has 1 N–H and O–H groups in total. The molecular formula is C21H21F3N4. The zero-order valence-electron chi connectivity index (χ0n) is 15.8. The quantitative estimate of drug-likeness (QED) is 0.712. The van der Waals surface area contributed by atoms with Crippen molar-refractivity contribution in [3.05, 3.63) is 70.3 Å². The molecule has 7 heteroatoms. The predicted octanol–water partition coefficient (Wildman–Crippen LogP) is 4.67. The molecule has 4 rings (SSSR count). The van der Waals surface area contributed by atoms with Crippen LogP contribution < -0.4 is 0 Å². The number of halogens is 3. The van der Waals surface area contributed by atoms with Gasteiger partial charge in [0.25, 0.3) is 0 Å². The Morgan fingerprint density at radius 1 is 1.14 bits per heavy atom. The minimum atomic E-state index is -4.34. The van der Waals surface area contributed by atoms with E-state index in [-0.39, 0.29) is 0 Å². The number of nitrogens with zero attached hydrogens (tertiary/aromatic N) is 3. The monoisotopic (exact) mass is 386 g/mol. The van der Waals surface area contributed by atoms with E-state index in [9.17, 15) is 13.2 Å². The molecule has 0 aliphatic carbocycles. The van der Waals surface area contributed by atoms with Crippen LogP contribution in [0.5, 0.6) is 0 Å². The maximum atomic E-state index is 12.8. The molecule has 1 aliphatic rings. The Kier molecular flexibility index (Phi) is 4.71. The number of aromatic amines is 1. The third-order valence-corrected chi connectivity index (χ3v) is 5.13. The lowest BCUT2D eigenvalue weighted by Crippen LogP contribution is -2.31. The number of benzene rings is 1. The van der Waals surface area contributed by atoms with E-state index in [2.05, 4.69) is 32.8 Å². The molecule has 1 aromatic carbocycles. The summed E-state index contributed by atoms with van der Waals surface area (Å²) >= 11 is 0. The highest BCUT2D eigenvalue weighted by atomic mass is 19.4. The van der Waals surface area contributed by atoms with E-state index in [0.717, 1.165) is 48.6 Å². The molecule has 0 bridgehead atoms. The maximum Gasteiger partial charge on any atom is 0.416 e. The first-order valence-electron chi connectivity index (χ1n) is 9.19. The zero-order valence-corrected chi connectivity index (χ0v) is 15.8. The van der Waals surface area contributed by atoms with Crippen molar-refractivity contribution >= 4 is 0 Å². The molecule has 1 aliphatic heterocycles. The van der Waals surface area contributed by atoms with E-state index in [1.54, 1.807) is 6.20 Å². The smallest absolute Gasteiger partial charge is 0.361 e. The highest BCUT2D eigenvalue weighted by Crippen LogP contribution is 2.30. The molecule has 3 aromatic rings. The van der Waals surface area contributed by atoms with Gasteiger partial charge in [0.15, 0.2) is 5.82 Å². The summed E-state index contributed by atoms with van der Waals surface area (Å²) in [6.45, 7) is 6.59. The summed E-state index contributed by atoms with van der Waals surface area (Å²) in [6, 6.07) is 7.13. The number of aromatic nitrogens is 3. The van der Waals surface area contributed by atoms with Gasteiger partial charge in [-0.3, -0.25) is 4.90 Å². The van der Waals surface area contributed by atoms with Crippen LogP contribution in [0.1, 0.15) is 33.8 Å². The fraction of sp³-hybridized carbons (Fsp3) is 0.333. The van der Waals surface area contributed by atoms with Crippen molar-refractivity contribution in [2.24, 2.45) is 0 Å². The molecule has 3 heterocycles. The van der Waals surface area contributed by atoms with Crippen LogP contribution in [0.15, 0.2) is 36.5 Å². The van der Waals surface area contributed by atoms with Crippen molar-refractivity contribution in [1.29, 1.82) is 0 Å². The number of H-pyrrole nitrogens is 1. The number of aryl methyl sites for hydroxylation is 2. The third kappa shape index (κ3) is 3.80. The average Bonchev–Trinajstić information content (AvgIpc) is 2.97. The topological polar surface area (TPSA) is 44.8 Å². The maximum absolute atomic E-state index is 12.8. The number of nitrogens with one attached hydrogen (secondary N) is 1. The average molecular weight is 386 g/mol. The van der Waals surface area contributed by atoms with Crippen molar-refractivity contribution in [2.75, 3.05) is 6.54 Å². The van der Waals surface area contributed by atoms with Gasteiger partial charge < -0.3 is 4.98 Å². The van der Waals surface area contributed by atoms with Gasteiger partial charge in [0.1, 0.15) is 0 Å². The summed E-state index contributed by atoms with van der Waals surface area (Å²) < 4.78 is 38.3. The highest BCUT2D eigenvalue weighted by Gasteiger charge is 2.30. The van der Waals surface area contributed by atoms with E-state index in [1.807, 2.05) is 6.92 Å². The van der Waals surface area contributed by atoms with E-state index in [1.165, 1.54) is 23.4 Å². The summed E-state index contributed by atoms with van der Waals surface area (Å²) in [6.07, 6.45) is -1.68. The Morgan fingerprint density at radius 2 is 1.89 bits per heavy atom. The first kappa shape index (κ1) is 18.7. The molecule has 4 nitrogen and oxygen atoms in total. The summed E-state index contributed by atoms with van der Waals surface area (Å²) in [7, 11) is 0. The third-order valence-electron chi connectivity index (χ3n) is 5.13. The van der Waals surface area contributed by atoms with E-state index < -0.39 is 11.7 Å². The van der Waals surface area contributed by atoms with Crippen molar-refractivity contribution < 1.29 is 13.2 Å². The van der Waals surface area contributed by atoms with E-state index >= 15 is 0 Å². The van der Waals surface area contributed by atoms with Gasteiger partial charge in [0.2, 0.25) is 0 Å². The first-order chi connectivity index (χ1) is 13.3. The van der Waals surface area contributed by atoms with Gasteiger partial charge >= 0.3 is 6.18 Å². The molecule has 2 aromatic heterocycles. The van der Waals surface area contributed by atoms with Crippen LogP contribution in [-0.4, -0.2) is 26.4 Å². The molecule has 0 amide bonds. The van der Waals surface area contributed by atoms with Gasteiger partial charge in [-0.2, -0.15) is 13.2 Å². The van der Waals surface area contributed by atoms with Crippen LogP contribution in [0.3, 0.4) is 0 Å². The van der Waals surface area contributed by atoms with Crippen molar-refractivity contribution in [3.63, 3.8) is 0 Å². The van der Waals surface area contributed by atoms with Crippen LogP contribution >= 0.6 is 0 Å². The fourth-order valence-corrected chi connectivity index (χ4v) is 3.61. The molecule has 0 saturated heterocycles. The van der Waals surface area contributed by atoms with Crippen LogP contribution in [0, 0.1) is 13.8 Å². The molecular weight excluding hydrogens is 365 g/mol. The lowest BCUT2D eigenvalue weighted by molar-refractivity contribution is -0.137. The van der Waals surface area contributed by atoms with Crippen molar-refractivity contribution in [1.82, 2.24) is 19.9 Å². The van der Waals surface area contributed by atoms with Gasteiger partial charge in [-0.05, 0) is 49.6 Å². The molecule has 0 unspecified atom stereocenters. The van der Waals surface area contributed by atoms with Crippen LogP contribution in [0.25, 0.3) is 11.4 Å². The molecule has 0 atom stereocenters. The zero-order chi connectivity index (χ0) is 19.9. The number of rotatable bonds is 3. The summed E-state index contributed by atoms with van der Waals surface area (Å²) in [5.74, 6) is 0.459. The second kappa shape index (κ2) is 7.05. The Morgan fingerprint density at radius 3 is 2.54 bits per heavy atom. The lowest BCUT2D eigenvalue weighted by atomic mass is 10.1. The van der Waals surface area contributed by atoms with Crippen molar-refractivity contribution in [3.8, 4) is 11.4 Å². The van der Waals surface area contributed by atoms with E-state index in [0.29, 0.717) is 17.9 Å². The normalized spacial score (nSPS) is 14.9. The van der Waals surface area contributed by atoms with E-state index in [4.69, 9.17) is 0 Å². The molecule has 28 heavy (non-hydrogen) atoms. The number of hydrogen-bond acceptors (Lipinski definition) is 3. The lowest BCUT2D eigenvalue weighted by Gasteiger charge is -2.27. The minimum absolute atomic E-state index is 0.459. The first-order valence-corrected chi connectivity index (χ1v) is 9.19. The fourth-order valence-electron chi connectivity index (χ4n) is 3.61. The number of hydrogen-bond donors (Lipinski definition) is 1. The summed E-state index contributed by atoms with van der Waals surface area (Å²) in [5.41, 5.74) is 5.57. The Bertz CT molecular complexity index is 990. The molecule has 0 spiro atoms. The highest BCUT2D eigenvalue weighted by molar-refractivity contribution is 5.56. The predicted molar refractivity (Wildman–Crippen MR) is 101 cm³/mol. The molecule has 146 valence electrons. The molecule has 0 fully saturated rings. The van der Waals surface area contributed by atoms with Gasteiger partial charge in [-0.15, -0.1) is 0 Å². The van der Waals surface area contributed by atoms with Gasteiger partial charge in [0, 0.05) is 42.8 Å². The Hall–Kier alpha value is -2.67. The summed E-state index contributed by atoms with van der Waals surface area (Å²) in [5, 5.41) is 0. The summed E-state index contributed by atoms with van der Waals surface area (Å²) in [4.78, 5) is 14.7. The second-order valence-electron chi connectivity index (χ2n) is 7.32. The standard InChI is InChI=1S/C21H21F3N4/c1-13-9-14(2)26-18(13)11-28-8-7-16-10-25-20(27-19(16)12-28)15-3-5-17(6-4-15)21(22,23)24/h3-6,9-10,26H,7-8,11-12H2,1-2H3. The van der Waals surface area contributed by atoms with Gasteiger partial charge in [-0.25, -0.2) is 9.97 Å². The largest absolute Gasteiger partial charge is 0.416 e. The minimum Gasteiger partial charge on any atom is -0.361 e. The van der Waals surface area contributed by atoms with Gasteiger partial charge in [0.05, 0.1) is 11.3 Å². The van der Waals surface area contributed by atoms with Crippen LogP contribution in [-0.2, 0) is 25.7 Å². The van der Waals surface area contributed by atoms with Crippen LogP contribution in [0.4, 0.5) is 13.2 Å². The van der Waals surface area contributed by atoms with Crippen molar-refractivity contribution in [2.45, 2.75) is 39.5 Å². The van der Waals surface area contributed by atoms with Crippen LogP contribution in [0.2, 0.25) is 0 Å². The molecule has 0 radical (unpaired) electrons. The van der Waals surface area contributed by atoms with Gasteiger partial charge in [-0.1, -0.05) is 12.1 Å². The Balaban J connectivity index is 1.54. The molecule has 0 saturated carbocycles. The number of alkyl halides is 3. The Labute approximate surface area is 161 Å². The SMILES string of the molecule is Cc1cc(C)c(CN2CCc3cnc(-c4ccc(C(F)(F)F)cc4)nc3C2)[nH]1. The number of fused-ring (bicyclic) bond motifs is 1.